The van der Waals surface area contributed by atoms with Crippen LogP contribution >= 0.6 is 0 Å². The molecule has 5 rings (SSSR count). The summed E-state index contributed by atoms with van der Waals surface area (Å²) in [5, 5.41) is 4.09. The molecule has 0 fully saturated rings. The molecule has 8 nitrogen and oxygen atoms in total. The number of rotatable bonds is 2. The quantitative estimate of drug-likeness (QED) is 0.731. The van der Waals surface area contributed by atoms with Gasteiger partial charge in [-0.1, -0.05) is 5.16 Å². The molecule has 0 unspecified atom stereocenters. The molecule has 0 atom stereocenters. The lowest BCUT2D eigenvalue weighted by Crippen LogP contribution is -2.39. The van der Waals surface area contributed by atoms with Crippen LogP contribution in [0.4, 0.5) is 0 Å². The zero-order valence-electron chi connectivity index (χ0n) is 15.3. The van der Waals surface area contributed by atoms with Gasteiger partial charge in [-0.05, 0) is 44.2 Å². The number of pyridine rings is 1. The van der Waals surface area contributed by atoms with Gasteiger partial charge in [0, 0.05) is 35.6 Å². The Kier molecular flexibility index (Phi) is 4.03. The van der Waals surface area contributed by atoms with Crippen LogP contribution in [0, 0.1) is 0 Å². The van der Waals surface area contributed by atoms with Crippen molar-refractivity contribution >= 4 is 5.91 Å². The van der Waals surface area contributed by atoms with Gasteiger partial charge in [0.2, 0.25) is 5.76 Å². The number of carbonyl (C=O) groups excluding carboxylic acids is 1. The maximum atomic E-state index is 13.1. The Labute approximate surface area is 160 Å². The average molecular weight is 377 g/mol. The van der Waals surface area contributed by atoms with Crippen molar-refractivity contribution in [1.82, 2.24) is 25.0 Å². The Morgan fingerprint density at radius 1 is 1.07 bits per heavy atom. The highest BCUT2D eigenvalue weighted by Crippen LogP contribution is 2.26. The van der Waals surface area contributed by atoms with E-state index >= 15 is 0 Å². The number of carbonyl (C=O) groups is 1. The molecule has 1 N–H and O–H groups in total. The summed E-state index contributed by atoms with van der Waals surface area (Å²) < 4.78 is 5.40. The molecule has 4 heterocycles. The van der Waals surface area contributed by atoms with Crippen molar-refractivity contribution in [2.75, 3.05) is 6.54 Å². The SMILES string of the molecule is O=C(c1onc2c1CCCC2)N1CCc2c(nc(-c3ccncc3)[nH]c2=O)C1. The predicted octanol–water partition coefficient (Wildman–Crippen LogP) is 1.90. The maximum absolute atomic E-state index is 13.1. The van der Waals surface area contributed by atoms with Crippen LogP contribution in [-0.2, 0) is 25.8 Å². The summed E-state index contributed by atoms with van der Waals surface area (Å²) in [6, 6.07) is 3.58. The van der Waals surface area contributed by atoms with E-state index in [1.165, 1.54) is 0 Å². The van der Waals surface area contributed by atoms with Crippen LogP contribution < -0.4 is 5.56 Å². The monoisotopic (exact) mass is 377 g/mol. The second-order valence-electron chi connectivity index (χ2n) is 7.20. The summed E-state index contributed by atoms with van der Waals surface area (Å²) in [6.45, 7) is 0.742. The fourth-order valence-electron chi connectivity index (χ4n) is 3.96. The predicted molar refractivity (Wildman–Crippen MR) is 99.7 cm³/mol. The smallest absolute Gasteiger partial charge is 0.293 e. The van der Waals surface area contributed by atoms with Gasteiger partial charge in [-0.15, -0.1) is 0 Å². The first-order chi connectivity index (χ1) is 13.7. The molecule has 0 spiro atoms. The number of hydrogen-bond donors (Lipinski definition) is 1. The number of aromatic nitrogens is 4. The molecule has 3 aromatic heterocycles. The second kappa shape index (κ2) is 6.70. The molecular formula is C20H19N5O3. The van der Waals surface area contributed by atoms with Crippen molar-refractivity contribution in [3.05, 3.63) is 63.2 Å². The van der Waals surface area contributed by atoms with Crippen LogP contribution in [0.2, 0.25) is 0 Å². The maximum Gasteiger partial charge on any atom is 0.293 e. The third-order valence-electron chi connectivity index (χ3n) is 5.47. The van der Waals surface area contributed by atoms with Gasteiger partial charge in [0.1, 0.15) is 5.82 Å². The molecule has 1 aliphatic heterocycles. The molecule has 0 saturated carbocycles. The molecular weight excluding hydrogens is 358 g/mol. The molecule has 1 amide bonds. The van der Waals surface area contributed by atoms with E-state index in [1.807, 2.05) is 0 Å². The van der Waals surface area contributed by atoms with E-state index in [-0.39, 0.29) is 18.0 Å². The summed E-state index contributed by atoms with van der Waals surface area (Å²) >= 11 is 0. The van der Waals surface area contributed by atoms with E-state index in [1.54, 1.807) is 29.4 Å². The van der Waals surface area contributed by atoms with Gasteiger partial charge in [0.25, 0.3) is 11.5 Å². The number of nitrogens with one attached hydrogen (secondary N) is 1. The number of hydrogen-bond acceptors (Lipinski definition) is 6. The second-order valence-corrected chi connectivity index (χ2v) is 7.20. The molecule has 0 aromatic carbocycles. The minimum atomic E-state index is -0.172. The van der Waals surface area contributed by atoms with Gasteiger partial charge in [-0.3, -0.25) is 14.6 Å². The molecule has 0 saturated heterocycles. The van der Waals surface area contributed by atoms with Gasteiger partial charge in [0.15, 0.2) is 0 Å². The first-order valence-corrected chi connectivity index (χ1v) is 9.50. The summed E-state index contributed by atoms with van der Waals surface area (Å²) in [7, 11) is 0. The molecule has 3 aromatic rings. The largest absolute Gasteiger partial charge is 0.350 e. The number of aryl methyl sites for hydroxylation is 1. The van der Waals surface area contributed by atoms with Gasteiger partial charge in [-0.2, -0.15) is 0 Å². The van der Waals surface area contributed by atoms with Crippen molar-refractivity contribution in [1.29, 1.82) is 0 Å². The Bertz CT molecular complexity index is 1100. The van der Waals surface area contributed by atoms with Crippen molar-refractivity contribution in [3.63, 3.8) is 0 Å². The van der Waals surface area contributed by atoms with Crippen LogP contribution in [0.3, 0.4) is 0 Å². The van der Waals surface area contributed by atoms with Crippen LogP contribution in [0.1, 0.15) is 45.9 Å². The molecule has 1 aliphatic carbocycles. The summed E-state index contributed by atoms with van der Waals surface area (Å²) in [5.74, 6) is 0.656. The van der Waals surface area contributed by atoms with E-state index in [0.29, 0.717) is 35.8 Å². The van der Waals surface area contributed by atoms with E-state index in [4.69, 9.17) is 4.52 Å². The highest BCUT2D eigenvalue weighted by Gasteiger charge is 2.31. The molecule has 2 aliphatic rings. The molecule has 0 radical (unpaired) electrons. The van der Waals surface area contributed by atoms with E-state index in [2.05, 4.69) is 20.1 Å². The first kappa shape index (κ1) is 16.9. The Hall–Kier alpha value is -3.29. The Balaban J connectivity index is 1.46. The highest BCUT2D eigenvalue weighted by molar-refractivity contribution is 5.93. The van der Waals surface area contributed by atoms with Crippen molar-refractivity contribution in [2.24, 2.45) is 0 Å². The lowest BCUT2D eigenvalue weighted by molar-refractivity contribution is 0.0687. The number of nitrogens with zero attached hydrogens (tertiary/aromatic N) is 4. The van der Waals surface area contributed by atoms with E-state index in [0.717, 1.165) is 42.5 Å². The molecule has 28 heavy (non-hydrogen) atoms. The molecule has 8 heteroatoms. The number of aromatic amines is 1. The molecule has 142 valence electrons. The standard InChI is InChI=1S/C20H19N5O3/c26-19-14-7-10-25(20(27)17-13-3-1-2-4-15(13)24-28-17)11-16(14)22-18(23-19)12-5-8-21-9-6-12/h5-6,8-9H,1-4,7,10-11H2,(H,22,23,26). The first-order valence-electron chi connectivity index (χ1n) is 9.50. The van der Waals surface area contributed by atoms with Crippen LogP contribution in [0.25, 0.3) is 11.4 Å². The third kappa shape index (κ3) is 2.81. The minimum Gasteiger partial charge on any atom is -0.350 e. The minimum absolute atomic E-state index is 0.152. The number of fused-ring (bicyclic) bond motifs is 2. The normalized spacial score (nSPS) is 15.8. The van der Waals surface area contributed by atoms with Crippen LogP contribution in [0.5, 0.6) is 0 Å². The number of amides is 1. The van der Waals surface area contributed by atoms with Gasteiger partial charge in [0.05, 0.1) is 17.9 Å². The fourth-order valence-corrected chi connectivity index (χ4v) is 3.96. The zero-order chi connectivity index (χ0) is 19.1. The van der Waals surface area contributed by atoms with Gasteiger partial charge < -0.3 is 14.4 Å². The zero-order valence-corrected chi connectivity index (χ0v) is 15.3. The molecule has 0 bridgehead atoms. The van der Waals surface area contributed by atoms with Gasteiger partial charge >= 0.3 is 0 Å². The lowest BCUT2D eigenvalue weighted by atomic mass is 9.95. The summed E-state index contributed by atoms with van der Waals surface area (Å²) in [4.78, 5) is 38.7. The summed E-state index contributed by atoms with van der Waals surface area (Å²) in [5.41, 5.74) is 3.74. The lowest BCUT2D eigenvalue weighted by Gasteiger charge is -2.27. The van der Waals surface area contributed by atoms with Crippen molar-refractivity contribution < 1.29 is 9.32 Å². The Morgan fingerprint density at radius 2 is 1.89 bits per heavy atom. The Morgan fingerprint density at radius 3 is 2.75 bits per heavy atom. The van der Waals surface area contributed by atoms with Crippen LogP contribution in [0.15, 0.2) is 33.8 Å². The van der Waals surface area contributed by atoms with Crippen LogP contribution in [-0.4, -0.2) is 37.5 Å². The average Bonchev–Trinajstić information content (AvgIpc) is 3.17. The highest BCUT2D eigenvalue weighted by atomic mass is 16.5. The van der Waals surface area contributed by atoms with E-state index < -0.39 is 0 Å². The third-order valence-corrected chi connectivity index (χ3v) is 5.47. The van der Waals surface area contributed by atoms with Crippen molar-refractivity contribution in [3.8, 4) is 11.4 Å². The fraction of sp³-hybridized carbons (Fsp3) is 0.350. The van der Waals surface area contributed by atoms with E-state index in [9.17, 15) is 9.59 Å². The topological polar surface area (TPSA) is 105 Å². The van der Waals surface area contributed by atoms with Gasteiger partial charge in [-0.25, -0.2) is 4.98 Å². The summed E-state index contributed by atoms with van der Waals surface area (Å²) in [6.07, 6.45) is 7.58. The van der Waals surface area contributed by atoms with Crippen molar-refractivity contribution in [2.45, 2.75) is 38.6 Å². The number of H-pyrrole nitrogens is 1.